The number of carbonyl (C=O) groups excluding carboxylic acids is 1. The Morgan fingerprint density at radius 3 is 2.50 bits per heavy atom. The predicted molar refractivity (Wildman–Crippen MR) is 89.8 cm³/mol. The van der Waals surface area contributed by atoms with E-state index in [2.05, 4.69) is 21.2 Å². The van der Waals surface area contributed by atoms with Crippen LogP contribution in [0.4, 0.5) is 5.69 Å². The number of thiocarbonyl (C=S) groups is 1. The summed E-state index contributed by atoms with van der Waals surface area (Å²) in [6.45, 7) is 1.99. The lowest BCUT2D eigenvalue weighted by Gasteiger charge is -2.34. The van der Waals surface area contributed by atoms with Crippen molar-refractivity contribution in [3.05, 3.63) is 28.2 Å². The van der Waals surface area contributed by atoms with Crippen LogP contribution in [-0.2, 0) is 4.79 Å². The first-order valence-electron chi connectivity index (χ1n) is 6.83. The lowest BCUT2D eigenvalue weighted by molar-refractivity contribution is -0.123. The molecule has 0 radical (unpaired) electrons. The Labute approximate surface area is 133 Å². The highest BCUT2D eigenvalue weighted by molar-refractivity contribution is 9.10. The number of amides is 1. The number of nitrogens with two attached hydrogens (primary N) is 1. The third kappa shape index (κ3) is 3.20. The Morgan fingerprint density at radius 1 is 1.30 bits per heavy atom. The molecule has 3 nitrogen and oxygen atoms in total. The summed E-state index contributed by atoms with van der Waals surface area (Å²) in [4.78, 5) is 13.0. The summed E-state index contributed by atoms with van der Waals surface area (Å²) in [7, 11) is 0. The third-order valence-electron chi connectivity index (χ3n) is 3.91. The van der Waals surface area contributed by atoms with Crippen molar-refractivity contribution in [1.29, 1.82) is 0 Å². The fraction of sp³-hybridized carbons (Fsp3) is 0.467. The molecule has 1 aliphatic rings. The first kappa shape index (κ1) is 15.4. The Hall–Kier alpha value is -0.940. The van der Waals surface area contributed by atoms with Gasteiger partial charge in [0.15, 0.2) is 0 Å². The second kappa shape index (κ2) is 6.22. The molecule has 0 atom stereocenters. The van der Waals surface area contributed by atoms with Crippen molar-refractivity contribution in [2.24, 2.45) is 11.1 Å². The minimum atomic E-state index is -0.677. The molecule has 1 fully saturated rings. The molecule has 0 spiro atoms. The van der Waals surface area contributed by atoms with E-state index < -0.39 is 5.41 Å². The average Bonchev–Trinajstić information content (AvgIpc) is 2.38. The van der Waals surface area contributed by atoms with Crippen LogP contribution >= 0.6 is 28.1 Å². The van der Waals surface area contributed by atoms with Gasteiger partial charge in [-0.1, -0.05) is 47.4 Å². The maximum Gasteiger partial charge on any atom is 0.237 e. The van der Waals surface area contributed by atoms with E-state index in [1.165, 1.54) is 0 Å². The molecule has 0 aromatic heterocycles. The zero-order valence-corrected chi connectivity index (χ0v) is 13.9. The van der Waals surface area contributed by atoms with Gasteiger partial charge in [-0.25, -0.2) is 0 Å². The van der Waals surface area contributed by atoms with Crippen LogP contribution in [0, 0.1) is 12.3 Å². The van der Waals surface area contributed by atoms with E-state index >= 15 is 0 Å². The Kier molecular flexibility index (Phi) is 4.81. The number of rotatable bonds is 3. The van der Waals surface area contributed by atoms with E-state index in [0.717, 1.165) is 47.8 Å². The fourth-order valence-electron chi connectivity index (χ4n) is 2.80. The van der Waals surface area contributed by atoms with Crippen molar-refractivity contribution in [1.82, 2.24) is 0 Å². The zero-order chi connectivity index (χ0) is 14.8. The van der Waals surface area contributed by atoms with E-state index in [0.29, 0.717) is 4.99 Å². The smallest absolute Gasteiger partial charge is 0.237 e. The minimum absolute atomic E-state index is 0.0674. The number of halogens is 1. The molecule has 0 heterocycles. The van der Waals surface area contributed by atoms with Crippen molar-refractivity contribution in [3.63, 3.8) is 0 Å². The SMILES string of the molecule is Cc1cc(Br)cc(NC(=O)C2(C(N)=S)CCCCC2)c1. The number of carbonyl (C=O) groups is 1. The first-order chi connectivity index (χ1) is 9.44. The summed E-state index contributed by atoms with van der Waals surface area (Å²) in [5.41, 5.74) is 7.07. The third-order valence-corrected chi connectivity index (χ3v) is 4.76. The van der Waals surface area contributed by atoms with Crippen molar-refractivity contribution in [2.45, 2.75) is 39.0 Å². The largest absolute Gasteiger partial charge is 0.392 e. The van der Waals surface area contributed by atoms with Gasteiger partial charge in [0.1, 0.15) is 0 Å². The number of nitrogens with one attached hydrogen (secondary N) is 1. The van der Waals surface area contributed by atoms with Gasteiger partial charge < -0.3 is 11.1 Å². The van der Waals surface area contributed by atoms with Gasteiger partial charge in [0.05, 0.1) is 10.4 Å². The normalized spacial score (nSPS) is 17.5. The molecule has 5 heteroatoms. The second-order valence-corrected chi connectivity index (χ2v) is 6.83. The molecular weight excluding hydrogens is 336 g/mol. The molecule has 0 unspecified atom stereocenters. The van der Waals surface area contributed by atoms with E-state index in [1.807, 2.05) is 25.1 Å². The molecule has 0 aliphatic heterocycles. The monoisotopic (exact) mass is 354 g/mol. The van der Waals surface area contributed by atoms with Crippen LogP contribution in [0.25, 0.3) is 0 Å². The van der Waals surface area contributed by atoms with Crippen molar-refractivity contribution in [3.8, 4) is 0 Å². The van der Waals surface area contributed by atoms with Crippen molar-refractivity contribution >= 4 is 44.7 Å². The predicted octanol–water partition coefficient (Wildman–Crippen LogP) is 3.93. The van der Waals surface area contributed by atoms with Crippen LogP contribution < -0.4 is 11.1 Å². The summed E-state index contributed by atoms with van der Waals surface area (Å²) in [6.07, 6.45) is 4.65. The molecule has 3 N–H and O–H groups in total. The van der Waals surface area contributed by atoms with E-state index in [1.54, 1.807) is 0 Å². The Balaban J connectivity index is 2.22. The molecule has 1 aromatic rings. The maximum absolute atomic E-state index is 12.7. The summed E-state index contributed by atoms with van der Waals surface area (Å²) in [5, 5.41) is 2.98. The lowest BCUT2D eigenvalue weighted by atomic mass is 9.73. The van der Waals surface area contributed by atoms with Gasteiger partial charge in [0, 0.05) is 10.2 Å². The lowest BCUT2D eigenvalue weighted by Crippen LogP contribution is -2.47. The molecule has 1 amide bonds. The van der Waals surface area contributed by atoms with Crippen LogP contribution in [0.3, 0.4) is 0 Å². The van der Waals surface area contributed by atoms with Crippen LogP contribution in [-0.4, -0.2) is 10.9 Å². The molecule has 108 valence electrons. The molecule has 2 rings (SSSR count). The summed E-state index contributed by atoms with van der Waals surface area (Å²) < 4.78 is 0.945. The van der Waals surface area contributed by atoms with Gasteiger partial charge in [-0.2, -0.15) is 0 Å². The van der Waals surface area contributed by atoms with Crippen molar-refractivity contribution in [2.75, 3.05) is 5.32 Å². The highest BCUT2D eigenvalue weighted by Crippen LogP contribution is 2.38. The highest BCUT2D eigenvalue weighted by atomic mass is 79.9. The Bertz CT molecular complexity index is 518. The number of hydrogen-bond acceptors (Lipinski definition) is 2. The summed E-state index contributed by atoms with van der Waals surface area (Å²) >= 11 is 8.62. The maximum atomic E-state index is 12.7. The molecule has 1 saturated carbocycles. The zero-order valence-electron chi connectivity index (χ0n) is 11.5. The van der Waals surface area contributed by atoms with Gasteiger partial charge >= 0.3 is 0 Å². The standard InChI is InChI=1S/C15H19BrN2OS/c1-10-7-11(16)9-12(8-10)18-14(19)15(13(17)20)5-3-2-4-6-15/h7-9H,2-6H2,1H3,(H2,17,20)(H,18,19). The first-order valence-corrected chi connectivity index (χ1v) is 8.03. The highest BCUT2D eigenvalue weighted by Gasteiger charge is 2.42. The van der Waals surface area contributed by atoms with Gasteiger partial charge in [0.2, 0.25) is 5.91 Å². The quantitative estimate of drug-likeness (QED) is 0.808. The number of hydrogen-bond donors (Lipinski definition) is 2. The molecule has 20 heavy (non-hydrogen) atoms. The summed E-state index contributed by atoms with van der Waals surface area (Å²) in [5.74, 6) is -0.0674. The van der Waals surface area contributed by atoms with E-state index in [4.69, 9.17) is 18.0 Å². The Morgan fingerprint density at radius 2 is 1.95 bits per heavy atom. The molecule has 0 bridgehead atoms. The van der Waals surface area contributed by atoms with Crippen LogP contribution in [0.2, 0.25) is 0 Å². The van der Waals surface area contributed by atoms with Gasteiger partial charge in [-0.15, -0.1) is 0 Å². The van der Waals surface area contributed by atoms with Gasteiger partial charge in [-0.05, 0) is 43.5 Å². The second-order valence-electron chi connectivity index (χ2n) is 5.48. The molecular formula is C15H19BrN2OS. The van der Waals surface area contributed by atoms with Crippen LogP contribution in [0.5, 0.6) is 0 Å². The van der Waals surface area contributed by atoms with Crippen molar-refractivity contribution < 1.29 is 4.79 Å². The number of anilines is 1. The minimum Gasteiger partial charge on any atom is -0.392 e. The number of benzene rings is 1. The van der Waals surface area contributed by atoms with Gasteiger partial charge in [0.25, 0.3) is 0 Å². The number of aryl methyl sites for hydroxylation is 1. The molecule has 0 saturated heterocycles. The van der Waals surface area contributed by atoms with Crippen LogP contribution in [0.1, 0.15) is 37.7 Å². The van der Waals surface area contributed by atoms with E-state index in [9.17, 15) is 4.79 Å². The topological polar surface area (TPSA) is 55.1 Å². The summed E-state index contributed by atoms with van der Waals surface area (Å²) in [6, 6.07) is 5.83. The van der Waals surface area contributed by atoms with E-state index in [-0.39, 0.29) is 5.91 Å². The molecule has 1 aromatic carbocycles. The average molecular weight is 355 g/mol. The van der Waals surface area contributed by atoms with Gasteiger partial charge in [-0.3, -0.25) is 4.79 Å². The molecule has 1 aliphatic carbocycles. The fourth-order valence-corrected chi connectivity index (χ4v) is 3.70. The van der Waals surface area contributed by atoms with Crippen LogP contribution in [0.15, 0.2) is 22.7 Å².